The molecule has 2 N–H and O–H groups in total. The number of rotatable bonds is 5. The second-order valence-electron chi connectivity index (χ2n) is 7.05. The van der Waals surface area contributed by atoms with Crippen molar-refractivity contribution in [1.82, 2.24) is 10.2 Å². The van der Waals surface area contributed by atoms with E-state index in [9.17, 15) is 27.9 Å². The molecule has 30 heavy (non-hydrogen) atoms. The fourth-order valence-electron chi connectivity index (χ4n) is 3.34. The van der Waals surface area contributed by atoms with Crippen molar-refractivity contribution in [1.29, 1.82) is 0 Å². The molecular weight excluding hydrogens is 399 g/mol. The smallest absolute Gasteiger partial charge is 0.416 e. The molecule has 3 rings (SSSR count). The molecule has 0 saturated carbocycles. The van der Waals surface area contributed by atoms with Gasteiger partial charge in [0.2, 0.25) is 0 Å². The maximum absolute atomic E-state index is 12.9. The summed E-state index contributed by atoms with van der Waals surface area (Å²) < 4.78 is 38.8. The van der Waals surface area contributed by atoms with Crippen LogP contribution >= 0.6 is 0 Å². The Morgan fingerprint density at radius 3 is 2.27 bits per heavy atom. The number of carbonyl (C=O) groups excluding carboxylic acids is 1. The van der Waals surface area contributed by atoms with Gasteiger partial charge in [-0.2, -0.15) is 13.2 Å². The molecule has 2 amide bonds. The number of aliphatic carboxylic acids is 1. The van der Waals surface area contributed by atoms with E-state index in [1.165, 1.54) is 11.0 Å². The number of nitrogens with zero attached hydrogens (tertiary/aromatic N) is 2. The van der Waals surface area contributed by atoms with Crippen LogP contribution in [0.4, 0.5) is 23.7 Å². The van der Waals surface area contributed by atoms with E-state index in [1.807, 2.05) is 6.07 Å². The Labute approximate surface area is 171 Å². The van der Waals surface area contributed by atoms with Crippen LogP contribution in [0.3, 0.4) is 0 Å². The first-order chi connectivity index (χ1) is 14.2. The van der Waals surface area contributed by atoms with Crippen molar-refractivity contribution in [3.8, 4) is 0 Å². The number of carbonyl (C=O) groups is 2. The molecule has 6 nitrogen and oxygen atoms in total. The van der Waals surface area contributed by atoms with E-state index in [4.69, 9.17) is 0 Å². The minimum absolute atomic E-state index is 0.159. The van der Waals surface area contributed by atoms with Crippen LogP contribution in [0.5, 0.6) is 0 Å². The lowest BCUT2D eigenvalue weighted by Gasteiger charge is -2.36. The summed E-state index contributed by atoms with van der Waals surface area (Å²) in [6, 6.07) is 12.5. The van der Waals surface area contributed by atoms with Gasteiger partial charge in [-0.05, 0) is 23.8 Å². The Balaban J connectivity index is 1.57. The Morgan fingerprint density at radius 2 is 1.67 bits per heavy atom. The molecule has 2 aromatic carbocycles. The van der Waals surface area contributed by atoms with Gasteiger partial charge in [-0.3, -0.25) is 0 Å². The number of urea groups is 1. The molecule has 1 aliphatic heterocycles. The largest absolute Gasteiger partial charge is 0.480 e. The molecule has 9 heteroatoms. The number of benzene rings is 2. The van der Waals surface area contributed by atoms with Gasteiger partial charge < -0.3 is 20.2 Å². The number of carboxylic acids is 1. The van der Waals surface area contributed by atoms with Crippen LogP contribution in [0.15, 0.2) is 54.6 Å². The summed E-state index contributed by atoms with van der Waals surface area (Å²) in [5.74, 6) is -1.13. The first-order valence-electron chi connectivity index (χ1n) is 9.48. The van der Waals surface area contributed by atoms with Gasteiger partial charge in [-0.15, -0.1) is 0 Å². The fourth-order valence-corrected chi connectivity index (χ4v) is 3.34. The standard InChI is InChI=1S/C21H22F3N3O3/c22-21(23,24)16-7-4-8-17(14-16)26-9-11-27(12-10-26)20(30)25-18(19(28)29)13-15-5-2-1-3-6-15/h1-8,14,18H,9-13H2,(H,25,30)(H,28,29). The van der Waals surface area contributed by atoms with Crippen LogP contribution in [-0.2, 0) is 17.4 Å². The van der Waals surface area contributed by atoms with Crippen LogP contribution < -0.4 is 10.2 Å². The topological polar surface area (TPSA) is 72.9 Å². The van der Waals surface area contributed by atoms with E-state index >= 15 is 0 Å². The molecule has 1 aliphatic rings. The van der Waals surface area contributed by atoms with Crippen molar-refractivity contribution < 1.29 is 27.9 Å². The Morgan fingerprint density at radius 1 is 1.00 bits per heavy atom. The van der Waals surface area contributed by atoms with Crippen molar-refractivity contribution in [2.24, 2.45) is 0 Å². The lowest BCUT2D eigenvalue weighted by Crippen LogP contribution is -2.55. The van der Waals surface area contributed by atoms with Gasteiger partial charge in [0.15, 0.2) is 0 Å². The zero-order valence-electron chi connectivity index (χ0n) is 16.1. The third-order valence-corrected chi connectivity index (χ3v) is 4.98. The molecule has 0 spiro atoms. The second kappa shape index (κ2) is 9.06. The van der Waals surface area contributed by atoms with Gasteiger partial charge in [-0.25, -0.2) is 9.59 Å². The number of piperazine rings is 1. The first-order valence-corrected chi connectivity index (χ1v) is 9.48. The molecule has 0 aromatic heterocycles. The number of amides is 2. The van der Waals surface area contributed by atoms with E-state index in [-0.39, 0.29) is 19.5 Å². The molecule has 1 atom stereocenters. The van der Waals surface area contributed by atoms with Crippen molar-refractivity contribution in [2.75, 3.05) is 31.1 Å². The molecule has 1 saturated heterocycles. The molecule has 0 aliphatic carbocycles. The number of alkyl halides is 3. The predicted molar refractivity (Wildman–Crippen MR) is 105 cm³/mol. The molecule has 0 bridgehead atoms. The van der Waals surface area contributed by atoms with E-state index in [2.05, 4.69) is 5.32 Å². The van der Waals surface area contributed by atoms with Crippen LogP contribution in [-0.4, -0.2) is 54.2 Å². The number of hydrogen-bond acceptors (Lipinski definition) is 3. The summed E-state index contributed by atoms with van der Waals surface area (Å²) in [7, 11) is 0. The zero-order chi connectivity index (χ0) is 21.7. The average molecular weight is 421 g/mol. The van der Waals surface area contributed by atoms with E-state index in [1.54, 1.807) is 35.2 Å². The summed E-state index contributed by atoms with van der Waals surface area (Å²) >= 11 is 0. The van der Waals surface area contributed by atoms with Gasteiger partial charge >= 0.3 is 18.2 Å². The molecule has 0 radical (unpaired) electrons. The van der Waals surface area contributed by atoms with Crippen molar-refractivity contribution in [3.63, 3.8) is 0 Å². The number of hydrogen-bond donors (Lipinski definition) is 2. The zero-order valence-corrected chi connectivity index (χ0v) is 16.1. The highest BCUT2D eigenvalue weighted by Gasteiger charge is 2.31. The lowest BCUT2D eigenvalue weighted by molar-refractivity contribution is -0.139. The molecule has 160 valence electrons. The Bertz CT molecular complexity index is 882. The number of anilines is 1. The molecule has 1 fully saturated rings. The molecule has 1 unspecified atom stereocenters. The highest BCUT2D eigenvalue weighted by Crippen LogP contribution is 2.31. The summed E-state index contributed by atoms with van der Waals surface area (Å²) in [6.07, 6.45) is -4.26. The summed E-state index contributed by atoms with van der Waals surface area (Å²) in [4.78, 5) is 27.3. The van der Waals surface area contributed by atoms with Gasteiger partial charge in [-0.1, -0.05) is 36.4 Å². The van der Waals surface area contributed by atoms with Crippen molar-refractivity contribution >= 4 is 17.7 Å². The van der Waals surface area contributed by atoms with Gasteiger partial charge in [0, 0.05) is 38.3 Å². The highest BCUT2D eigenvalue weighted by atomic mass is 19.4. The Kier molecular flexibility index (Phi) is 6.49. The average Bonchev–Trinajstić information content (AvgIpc) is 2.73. The number of carboxylic acid groups (broad SMARTS) is 1. The summed E-state index contributed by atoms with van der Waals surface area (Å²) in [5, 5.41) is 12.0. The highest BCUT2D eigenvalue weighted by molar-refractivity contribution is 5.83. The quantitative estimate of drug-likeness (QED) is 0.778. The number of nitrogens with one attached hydrogen (secondary N) is 1. The second-order valence-corrected chi connectivity index (χ2v) is 7.05. The van der Waals surface area contributed by atoms with E-state index < -0.39 is 29.8 Å². The minimum Gasteiger partial charge on any atom is -0.480 e. The van der Waals surface area contributed by atoms with Crippen LogP contribution in [0.1, 0.15) is 11.1 Å². The fraction of sp³-hybridized carbons (Fsp3) is 0.333. The van der Waals surface area contributed by atoms with Gasteiger partial charge in [0.1, 0.15) is 6.04 Å². The summed E-state index contributed by atoms with van der Waals surface area (Å²) in [6.45, 7) is 1.26. The SMILES string of the molecule is O=C(O)C(Cc1ccccc1)NC(=O)N1CCN(c2cccc(C(F)(F)F)c2)CC1. The first kappa shape index (κ1) is 21.5. The maximum atomic E-state index is 12.9. The normalized spacial score (nSPS) is 15.6. The van der Waals surface area contributed by atoms with E-state index in [0.717, 1.165) is 17.7 Å². The van der Waals surface area contributed by atoms with Crippen LogP contribution in [0.25, 0.3) is 0 Å². The van der Waals surface area contributed by atoms with E-state index in [0.29, 0.717) is 18.8 Å². The third kappa shape index (κ3) is 5.43. The monoisotopic (exact) mass is 421 g/mol. The molecular formula is C21H22F3N3O3. The predicted octanol–water partition coefficient (Wildman–Crippen LogP) is 3.23. The van der Waals surface area contributed by atoms with Gasteiger partial charge in [0.25, 0.3) is 0 Å². The minimum atomic E-state index is -4.41. The third-order valence-electron chi connectivity index (χ3n) is 4.98. The van der Waals surface area contributed by atoms with Crippen molar-refractivity contribution in [3.05, 3.63) is 65.7 Å². The summed E-state index contributed by atoms with van der Waals surface area (Å²) in [5.41, 5.74) is 0.516. The van der Waals surface area contributed by atoms with Crippen LogP contribution in [0.2, 0.25) is 0 Å². The molecule has 1 heterocycles. The van der Waals surface area contributed by atoms with Gasteiger partial charge in [0.05, 0.1) is 5.56 Å². The molecule has 2 aromatic rings. The Hall–Kier alpha value is -3.23. The van der Waals surface area contributed by atoms with Crippen molar-refractivity contribution in [2.45, 2.75) is 18.6 Å². The number of halogens is 3. The lowest BCUT2D eigenvalue weighted by atomic mass is 10.1. The van der Waals surface area contributed by atoms with Crippen LogP contribution in [0, 0.1) is 0 Å². The maximum Gasteiger partial charge on any atom is 0.416 e.